The summed E-state index contributed by atoms with van der Waals surface area (Å²) in [6, 6.07) is 2.80. The zero-order valence-electron chi connectivity index (χ0n) is 8.88. The minimum Gasteiger partial charge on any atom is -0.492 e. The van der Waals surface area contributed by atoms with Gasteiger partial charge in [0.1, 0.15) is 0 Å². The number of aromatic amines is 1. The summed E-state index contributed by atoms with van der Waals surface area (Å²) < 4.78 is 14.4. The van der Waals surface area contributed by atoms with Gasteiger partial charge in [0.15, 0.2) is 0 Å². The summed E-state index contributed by atoms with van der Waals surface area (Å²) in [5.41, 5.74) is -2.53. The molecular weight excluding hydrogens is 366 g/mol. The van der Waals surface area contributed by atoms with Gasteiger partial charge in [-0.15, -0.1) is 0 Å². The predicted octanol–water partition coefficient (Wildman–Crippen LogP) is 2.44. The molecule has 5 nitrogen and oxygen atoms in total. The van der Waals surface area contributed by atoms with Crippen LogP contribution in [-0.2, 0) is 0 Å². The van der Waals surface area contributed by atoms with E-state index in [0.717, 1.165) is 0 Å². The predicted molar refractivity (Wildman–Crippen MR) is 72.0 cm³/mol. The van der Waals surface area contributed by atoms with Gasteiger partial charge in [0.25, 0.3) is 5.56 Å². The fraction of sp³-hybridized carbons (Fsp3) is 0. The lowest BCUT2D eigenvalue weighted by atomic mass is 10.3. The van der Waals surface area contributed by atoms with E-state index in [0.29, 0.717) is 9.04 Å². The quantitative estimate of drug-likeness (QED) is 0.810. The van der Waals surface area contributed by atoms with E-state index < -0.39 is 22.9 Å². The Labute approximate surface area is 123 Å². The summed E-state index contributed by atoms with van der Waals surface area (Å²) in [6.45, 7) is 0. The average Bonchev–Trinajstić information content (AvgIpc) is 2.29. The van der Waals surface area contributed by atoms with Crippen LogP contribution in [0, 0.1) is 5.82 Å². The molecule has 0 aliphatic rings. The Morgan fingerprint density at radius 3 is 2.32 bits per heavy atom. The molecule has 2 N–H and O–H groups in total. The Balaban J connectivity index is 2.92. The molecule has 0 saturated carbocycles. The van der Waals surface area contributed by atoms with Crippen LogP contribution in [0.3, 0.4) is 0 Å². The van der Waals surface area contributed by atoms with Gasteiger partial charge in [-0.1, -0.05) is 39.1 Å². The number of nitrogens with zero attached hydrogens (tertiary/aromatic N) is 1. The number of hydrogen-bond acceptors (Lipinski definition) is 3. The molecule has 19 heavy (non-hydrogen) atoms. The maximum Gasteiger partial charge on any atom is 0.336 e. The molecule has 0 radical (unpaired) electrons. The van der Waals surface area contributed by atoms with Crippen LogP contribution < -0.4 is 11.2 Å². The van der Waals surface area contributed by atoms with E-state index in [9.17, 15) is 19.1 Å². The Bertz CT molecular complexity index is 764. The Morgan fingerprint density at radius 2 is 1.79 bits per heavy atom. The molecule has 1 heterocycles. The van der Waals surface area contributed by atoms with Crippen LogP contribution in [0.2, 0.25) is 10.0 Å². The third-order valence-electron chi connectivity index (χ3n) is 2.24. The molecule has 100 valence electrons. The highest BCUT2D eigenvalue weighted by molar-refractivity contribution is 9.10. The second kappa shape index (κ2) is 4.99. The average molecular weight is 370 g/mol. The zero-order chi connectivity index (χ0) is 14.3. The zero-order valence-corrected chi connectivity index (χ0v) is 12.0. The summed E-state index contributed by atoms with van der Waals surface area (Å²) in [7, 11) is 0. The van der Waals surface area contributed by atoms with Gasteiger partial charge in [0, 0.05) is 4.47 Å². The fourth-order valence-corrected chi connectivity index (χ4v) is 2.84. The number of aromatic hydroxyl groups is 1. The van der Waals surface area contributed by atoms with Crippen LogP contribution in [0.1, 0.15) is 0 Å². The molecule has 0 unspecified atom stereocenters. The maximum absolute atomic E-state index is 13.4. The van der Waals surface area contributed by atoms with E-state index in [1.165, 1.54) is 12.1 Å². The molecule has 0 aliphatic carbocycles. The van der Waals surface area contributed by atoms with Crippen LogP contribution in [0.4, 0.5) is 4.39 Å². The number of hydrogen-bond donors (Lipinski definition) is 2. The van der Waals surface area contributed by atoms with Crippen LogP contribution in [0.25, 0.3) is 5.69 Å². The SMILES string of the molecule is O=c1[nH]c(=O)n(-c2c(Cl)cc(Br)cc2Cl)c(O)c1F. The van der Waals surface area contributed by atoms with E-state index in [2.05, 4.69) is 15.9 Å². The summed E-state index contributed by atoms with van der Waals surface area (Å²) >= 11 is 14.9. The van der Waals surface area contributed by atoms with E-state index in [-0.39, 0.29) is 15.7 Å². The minimum absolute atomic E-state index is 0.0109. The Kier molecular flexibility index (Phi) is 3.71. The second-order valence-corrected chi connectivity index (χ2v) is 5.18. The first-order valence-corrected chi connectivity index (χ1v) is 6.26. The number of nitrogens with one attached hydrogen (secondary N) is 1. The molecule has 0 fully saturated rings. The lowest BCUT2D eigenvalue weighted by Crippen LogP contribution is -2.31. The molecule has 0 aliphatic heterocycles. The van der Waals surface area contributed by atoms with Crippen molar-refractivity contribution in [3.63, 3.8) is 0 Å². The molecule has 0 spiro atoms. The van der Waals surface area contributed by atoms with Crippen molar-refractivity contribution in [3.8, 4) is 11.6 Å². The van der Waals surface area contributed by atoms with Gasteiger partial charge < -0.3 is 5.11 Å². The number of benzene rings is 1. The van der Waals surface area contributed by atoms with E-state index in [1.54, 1.807) is 4.98 Å². The van der Waals surface area contributed by atoms with Crippen molar-refractivity contribution >= 4 is 39.1 Å². The Morgan fingerprint density at radius 1 is 1.26 bits per heavy atom. The highest BCUT2D eigenvalue weighted by Crippen LogP contribution is 2.33. The number of H-pyrrole nitrogens is 1. The van der Waals surface area contributed by atoms with Gasteiger partial charge in [0.2, 0.25) is 11.7 Å². The van der Waals surface area contributed by atoms with Crippen LogP contribution >= 0.6 is 39.1 Å². The number of halogens is 4. The topological polar surface area (TPSA) is 75.1 Å². The fourth-order valence-electron chi connectivity index (χ4n) is 1.46. The molecule has 2 rings (SSSR count). The molecular formula is C10H4BrCl2FN2O3. The van der Waals surface area contributed by atoms with Crippen molar-refractivity contribution in [1.82, 2.24) is 9.55 Å². The molecule has 1 aromatic heterocycles. The van der Waals surface area contributed by atoms with Gasteiger partial charge in [-0.25, -0.2) is 9.36 Å². The van der Waals surface area contributed by atoms with Crippen molar-refractivity contribution in [2.24, 2.45) is 0 Å². The van der Waals surface area contributed by atoms with Gasteiger partial charge in [0.05, 0.1) is 15.7 Å². The molecule has 2 aromatic rings. The monoisotopic (exact) mass is 368 g/mol. The van der Waals surface area contributed by atoms with Crippen LogP contribution in [-0.4, -0.2) is 14.7 Å². The second-order valence-electron chi connectivity index (χ2n) is 3.45. The van der Waals surface area contributed by atoms with E-state index >= 15 is 0 Å². The lowest BCUT2D eigenvalue weighted by molar-refractivity contribution is 0.386. The van der Waals surface area contributed by atoms with Crippen LogP contribution in [0.15, 0.2) is 26.2 Å². The summed E-state index contributed by atoms with van der Waals surface area (Å²) in [4.78, 5) is 24.3. The van der Waals surface area contributed by atoms with Gasteiger partial charge in [-0.3, -0.25) is 9.78 Å². The molecule has 1 aromatic carbocycles. The highest BCUT2D eigenvalue weighted by atomic mass is 79.9. The smallest absolute Gasteiger partial charge is 0.336 e. The molecule has 0 amide bonds. The largest absolute Gasteiger partial charge is 0.492 e. The molecule has 9 heteroatoms. The lowest BCUT2D eigenvalue weighted by Gasteiger charge is -2.12. The molecule has 0 atom stereocenters. The normalized spacial score (nSPS) is 10.7. The Hall–Kier alpha value is -1.31. The van der Waals surface area contributed by atoms with Gasteiger partial charge in [-0.2, -0.15) is 4.39 Å². The van der Waals surface area contributed by atoms with Gasteiger partial charge >= 0.3 is 5.69 Å². The third kappa shape index (κ3) is 2.41. The van der Waals surface area contributed by atoms with Crippen molar-refractivity contribution in [2.75, 3.05) is 0 Å². The third-order valence-corrected chi connectivity index (χ3v) is 3.27. The summed E-state index contributed by atoms with van der Waals surface area (Å²) in [6.07, 6.45) is 0. The van der Waals surface area contributed by atoms with Crippen molar-refractivity contribution < 1.29 is 9.50 Å². The van der Waals surface area contributed by atoms with Gasteiger partial charge in [-0.05, 0) is 12.1 Å². The summed E-state index contributed by atoms with van der Waals surface area (Å²) in [5.74, 6) is -2.67. The summed E-state index contributed by atoms with van der Waals surface area (Å²) in [5, 5.41) is 9.55. The first kappa shape index (κ1) is 14.1. The standard InChI is InChI=1S/C10H4BrCl2FN2O3/c11-3-1-4(12)7(5(13)2-3)16-9(18)6(14)8(17)15-10(16)19/h1-2,18H,(H,15,17,19). The van der Waals surface area contributed by atoms with Crippen molar-refractivity contribution in [2.45, 2.75) is 0 Å². The van der Waals surface area contributed by atoms with Crippen LogP contribution in [0.5, 0.6) is 5.88 Å². The van der Waals surface area contributed by atoms with E-state index in [4.69, 9.17) is 23.2 Å². The molecule has 0 bridgehead atoms. The maximum atomic E-state index is 13.4. The minimum atomic E-state index is -1.50. The molecule has 0 saturated heterocycles. The first-order valence-electron chi connectivity index (χ1n) is 4.71. The highest BCUT2D eigenvalue weighted by Gasteiger charge is 2.19. The number of aromatic nitrogens is 2. The van der Waals surface area contributed by atoms with Crippen molar-refractivity contribution in [1.29, 1.82) is 0 Å². The van der Waals surface area contributed by atoms with Crippen molar-refractivity contribution in [3.05, 3.63) is 53.3 Å². The van der Waals surface area contributed by atoms with E-state index in [1.807, 2.05) is 0 Å². The first-order chi connectivity index (χ1) is 8.82. The number of rotatable bonds is 1.